The SMILES string of the molecule is CCN(CC)C(=S)[S-].CCN(CC)C(=S)[S-].CCN(CC)C(=S)[S-].CCN(CC)C(=S)[S-].CCN(CC)C(=S)[S-].[Al+3].[Cd+2]. The van der Waals surface area contributed by atoms with Crippen LogP contribution in [0.4, 0.5) is 0 Å². The summed E-state index contributed by atoms with van der Waals surface area (Å²) in [6, 6.07) is 0. The average molecular weight is 881 g/mol. The number of nitrogens with zero attached hydrogens (tertiary/aromatic N) is 5. The Morgan fingerprint density at radius 2 is 0.405 bits per heavy atom. The molecule has 17 heteroatoms. The van der Waals surface area contributed by atoms with E-state index in [1.165, 1.54) is 0 Å². The molecule has 0 unspecified atom stereocenters. The van der Waals surface area contributed by atoms with Crippen LogP contribution in [-0.2, 0) is 90.4 Å². The van der Waals surface area contributed by atoms with Crippen molar-refractivity contribution in [3.63, 3.8) is 0 Å². The van der Waals surface area contributed by atoms with E-state index in [0.29, 0.717) is 21.6 Å². The molecule has 0 aromatic carbocycles. The summed E-state index contributed by atoms with van der Waals surface area (Å²) in [7, 11) is 0. The Bertz CT molecular complexity index is 534. The molecule has 0 aromatic heterocycles. The molecule has 0 rings (SSSR count). The third kappa shape index (κ3) is 40.0. The summed E-state index contributed by atoms with van der Waals surface area (Å²) in [6.45, 7) is 29.7. The van der Waals surface area contributed by atoms with E-state index < -0.39 is 0 Å². The summed E-state index contributed by atoms with van der Waals surface area (Å²) in [5, 5.41) is 0. The molecule has 0 fully saturated rings. The minimum absolute atomic E-state index is 0. The predicted molar refractivity (Wildman–Crippen MR) is 220 cm³/mol. The molecule has 5 nitrogen and oxygen atoms in total. The van der Waals surface area contributed by atoms with E-state index in [9.17, 15) is 0 Å². The van der Waals surface area contributed by atoms with Crippen LogP contribution < -0.4 is 0 Å². The normalized spacial score (nSPS) is 8.33. The van der Waals surface area contributed by atoms with E-state index in [2.05, 4.69) is 0 Å². The molecule has 0 radical (unpaired) electrons. The van der Waals surface area contributed by atoms with Gasteiger partial charge in [0.25, 0.3) is 0 Å². The molecule has 0 saturated carbocycles. The fourth-order valence-corrected chi connectivity index (χ4v) is 4.99. The van der Waals surface area contributed by atoms with Crippen LogP contribution in [0.1, 0.15) is 69.2 Å². The van der Waals surface area contributed by atoms with Gasteiger partial charge in [0.2, 0.25) is 0 Å². The summed E-state index contributed by atoms with van der Waals surface area (Å²) in [5.41, 5.74) is 0. The van der Waals surface area contributed by atoms with Crippen molar-refractivity contribution in [3.8, 4) is 0 Å². The van der Waals surface area contributed by atoms with Gasteiger partial charge < -0.3 is 149 Å². The standard InChI is InChI=1S/5C5H11NS2.Al.Cd/c5*1-3-6(4-2)5(7)8;;/h5*3-4H2,1-2H3,(H,7,8);;/q;;;;;+3;+2/p-5. The maximum Gasteiger partial charge on any atom is 3.00 e. The van der Waals surface area contributed by atoms with Crippen LogP contribution in [-0.4, -0.2) is 129 Å². The zero-order valence-electron chi connectivity index (χ0n) is 27.2. The molecular weight excluding hydrogens is 830 g/mol. The summed E-state index contributed by atoms with van der Waals surface area (Å²) in [5.74, 6) is 0. The number of hydrogen-bond donors (Lipinski definition) is 0. The summed E-state index contributed by atoms with van der Waals surface area (Å²) < 4.78 is 2.89. The van der Waals surface area contributed by atoms with E-state index in [1.807, 2.05) is 93.7 Å². The van der Waals surface area contributed by atoms with E-state index in [0.717, 1.165) is 65.4 Å². The molecule has 0 aliphatic carbocycles. The minimum Gasteiger partial charge on any atom is -0.411 e. The number of thiocarbonyl (C=S) groups is 5. The predicted octanol–water partition coefficient (Wildman–Crippen LogP) is 5.42. The van der Waals surface area contributed by atoms with Crippen molar-refractivity contribution >= 4 is 163 Å². The van der Waals surface area contributed by atoms with Crippen molar-refractivity contribution in [2.45, 2.75) is 69.2 Å². The monoisotopic (exact) mass is 881 g/mol. The number of hydrogen-bond acceptors (Lipinski definition) is 10. The molecule has 0 amide bonds. The summed E-state index contributed by atoms with van der Waals surface area (Å²) in [4.78, 5) is 9.81. The topological polar surface area (TPSA) is 16.2 Å². The van der Waals surface area contributed by atoms with Gasteiger partial charge in [-0.25, -0.2) is 0 Å². The van der Waals surface area contributed by atoms with Crippen LogP contribution in [0.15, 0.2) is 0 Å². The largest absolute Gasteiger partial charge is 3.00 e. The van der Waals surface area contributed by atoms with Crippen molar-refractivity contribution in [3.05, 3.63) is 0 Å². The third-order valence-corrected chi connectivity index (χ3v) is 7.69. The molecule has 240 valence electrons. The van der Waals surface area contributed by atoms with Gasteiger partial charge in [-0.2, -0.15) is 0 Å². The Balaban J connectivity index is -0.0000000721. The van der Waals surface area contributed by atoms with E-state index >= 15 is 0 Å². The van der Waals surface area contributed by atoms with Crippen LogP contribution in [0.3, 0.4) is 0 Å². The van der Waals surface area contributed by atoms with Crippen LogP contribution in [0.25, 0.3) is 0 Å². The molecule has 0 aromatic rings. The third-order valence-electron chi connectivity index (χ3n) is 5.11. The van der Waals surface area contributed by atoms with E-state index in [-0.39, 0.29) is 44.7 Å². The molecule has 0 bridgehead atoms. The summed E-state index contributed by atoms with van der Waals surface area (Å²) >= 11 is 47.6. The maximum absolute atomic E-state index is 4.76. The first-order valence-corrected chi connectivity index (χ1v) is 17.5. The zero-order chi connectivity index (χ0) is 32.8. The molecule has 0 N–H and O–H groups in total. The van der Waals surface area contributed by atoms with E-state index in [4.69, 9.17) is 124 Å². The van der Waals surface area contributed by atoms with Crippen molar-refractivity contribution in [1.29, 1.82) is 0 Å². The van der Waals surface area contributed by atoms with Gasteiger partial charge in [-0.1, -0.05) is 21.6 Å². The van der Waals surface area contributed by atoms with E-state index in [1.54, 1.807) is 0 Å². The maximum atomic E-state index is 4.76. The molecule has 42 heavy (non-hydrogen) atoms. The van der Waals surface area contributed by atoms with Crippen LogP contribution in [0, 0.1) is 0 Å². The second-order valence-corrected chi connectivity index (χ2v) is 12.4. The molecule has 0 saturated heterocycles. The fourth-order valence-electron chi connectivity index (χ4n) is 2.41. The van der Waals surface area contributed by atoms with Gasteiger partial charge in [-0.3, -0.25) is 0 Å². The minimum atomic E-state index is 0. The van der Waals surface area contributed by atoms with Crippen LogP contribution >= 0.6 is 61.1 Å². The molecule has 0 aliphatic rings. The van der Waals surface area contributed by atoms with Gasteiger partial charge in [-0.15, -0.1) is 0 Å². The number of rotatable bonds is 10. The van der Waals surface area contributed by atoms with Gasteiger partial charge in [0.15, 0.2) is 0 Å². The van der Waals surface area contributed by atoms with Crippen molar-refractivity contribution < 1.29 is 27.3 Å². The average Bonchev–Trinajstić information content (AvgIpc) is 2.88. The Labute approximate surface area is 345 Å². The first kappa shape index (κ1) is 59.4. The van der Waals surface area contributed by atoms with Crippen molar-refractivity contribution in [2.75, 3.05) is 65.4 Å². The van der Waals surface area contributed by atoms with Crippen LogP contribution in [0.5, 0.6) is 0 Å². The second kappa shape index (κ2) is 43.0. The Kier molecular flexibility index (Phi) is 60.9. The molecule has 0 heterocycles. The quantitative estimate of drug-likeness (QED) is 0.158. The molecular formula is C25H50AlCdN5S10. The first-order valence-electron chi connectivity index (χ1n) is 13.4. The Morgan fingerprint density at radius 1 is 0.333 bits per heavy atom. The molecule has 0 spiro atoms. The van der Waals surface area contributed by atoms with Gasteiger partial charge in [0.1, 0.15) is 0 Å². The molecule has 0 aliphatic heterocycles. The second-order valence-electron chi connectivity index (χ2n) is 7.19. The Hall–Kier alpha value is 2.00. The van der Waals surface area contributed by atoms with Crippen molar-refractivity contribution in [2.24, 2.45) is 0 Å². The smallest absolute Gasteiger partial charge is 0.411 e. The summed E-state index contributed by atoms with van der Waals surface area (Å²) in [6.07, 6.45) is 0. The van der Waals surface area contributed by atoms with Gasteiger partial charge in [0.05, 0.1) is 0 Å². The van der Waals surface area contributed by atoms with Gasteiger partial charge >= 0.3 is 44.7 Å². The van der Waals surface area contributed by atoms with Crippen LogP contribution in [0.2, 0.25) is 0 Å². The zero-order valence-corrected chi connectivity index (χ0v) is 40.5. The van der Waals surface area contributed by atoms with Gasteiger partial charge in [-0.05, 0) is 69.2 Å². The Morgan fingerprint density at radius 3 is 0.405 bits per heavy atom. The van der Waals surface area contributed by atoms with Gasteiger partial charge in [0, 0.05) is 65.4 Å². The first-order chi connectivity index (χ1) is 18.6. The fraction of sp³-hybridized carbons (Fsp3) is 0.800. The molecule has 0 atom stereocenters. The van der Waals surface area contributed by atoms with Crippen molar-refractivity contribution in [1.82, 2.24) is 24.5 Å².